The maximum atomic E-state index is 12.0. The summed E-state index contributed by atoms with van der Waals surface area (Å²) in [6, 6.07) is -2.10. The Morgan fingerprint density at radius 1 is 1.41 bits per heavy atom. The van der Waals surface area contributed by atoms with Crippen LogP contribution in [-0.2, 0) is 0 Å². The van der Waals surface area contributed by atoms with Crippen LogP contribution in [-0.4, -0.2) is 28.8 Å². The molecule has 10 heteroatoms. The van der Waals surface area contributed by atoms with Gasteiger partial charge in [0.1, 0.15) is 12.6 Å². The number of aromatic nitrogens is 2. The number of hydrogen-bond acceptors (Lipinski definition) is 4. The summed E-state index contributed by atoms with van der Waals surface area (Å²) >= 11 is 10.9. The van der Waals surface area contributed by atoms with Crippen molar-refractivity contribution in [3.63, 3.8) is 0 Å². The molecule has 0 aliphatic heterocycles. The monoisotopic (exact) mass is 311 g/mol. The second-order valence-corrected chi connectivity index (χ2v) is 3.45. The number of halogens is 6. The van der Waals surface area contributed by atoms with Crippen LogP contribution < -0.4 is 10.5 Å². The van der Waals surface area contributed by atoms with E-state index in [4.69, 9.17) is 33.7 Å². The molecule has 17 heavy (non-hydrogen) atoms. The van der Waals surface area contributed by atoms with Gasteiger partial charge in [-0.3, -0.25) is 0 Å². The van der Waals surface area contributed by atoms with Crippen LogP contribution in [0.4, 0.5) is 13.2 Å². The highest BCUT2D eigenvalue weighted by Crippen LogP contribution is 2.24. The van der Waals surface area contributed by atoms with E-state index in [1.807, 2.05) is 0 Å². The smallest absolute Gasteiger partial charge is 0.406 e. The molecule has 1 rings (SSSR count). The molecule has 1 aromatic rings. The first-order valence-electron chi connectivity index (χ1n) is 3.94. The highest BCUT2D eigenvalue weighted by Gasteiger charge is 2.37. The standard InChI is InChI=1S/C7H6Cl2F3N3O.ClH/c8-5-3(1-14-6(9)15-5)16-2-4(13)7(10,11)12;/h1,4H,2,13H2;1H. The average molecular weight is 313 g/mol. The first kappa shape index (κ1) is 16.5. The SMILES string of the molecule is Cl.NC(COc1cnc(Cl)nc1Cl)C(F)(F)F. The van der Waals surface area contributed by atoms with Crippen LogP contribution in [0.25, 0.3) is 0 Å². The number of rotatable bonds is 3. The summed E-state index contributed by atoms with van der Waals surface area (Å²) in [5, 5.41) is -0.299. The minimum Gasteiger partial charge on any atom is -0.487 e. The Hall–Kier alpha value is -0.500. The Morgan fingerprint density at radius 3 is 2.47 bits per heavy atom. The molecule has 1 atom stereocenters. The predicted octanol–water partition coefficient (Wildman–Crippen LogP) is 2.47. The van der Waals surface area contributed by atoms with Crippen LogP contribution in [0, 0.1) is 0 Å². The molecule has 0 spiro atoms. The van der Waals surface area contributed by atoms with E-state index in [2.05, 4.69) is 9.97 Å². The molecule has 0 aliphatic rings. The van der Waals surface area contributed by atoms with Crippen molar-refractivity contribution >= 4 is 35.6 Å². The van der Waals surface area contributed by atoms with Gasteiger partial charge in [-0.05, 0) is 11.6 Å². The molecule has 1 unspecified atom stereocenters. The van der Waals surface area contributed by atoms with Gasteiger partial charge in [-0.2, -0.15) is 13.2 Å². The highest BCUT2D eigenvalue weighted by atomic mass is 35.5. The van der Waals surface area contributed by atoms with Crippen molar-refractivity contribution in [1.29, 1.82) is 0 Å². The van der Waals surface area contributed by atoms with Crippen LogP contribution in [0.15, 0.2) is 6.20 Å². The van der Waals surface area contributed by atoms with Crippen molar-refractivity contribution in [2.75, 3.05) is 6.61 Å². The number of nitrogens with two attached hydrogens (primary N) is 1. The third kappa shape index (κ3) is 5.12. The summed E-state index contributed by atoms with van der Waals surface area (Å²) in [7, 11) is 0. The molecule has 4 nitrogen and oxygen atoms in total. The summed E-state index contributed by atoms with van der Waals surface area (Å²) in [5.74, 6) is -0.106. The van der Waals surface area contributed by atoms with E-state index in [-0.39, 0.29) is 28.6 Å². The summed E-state index contributed by atoms with van der Waals surface area (Å²) in [5.41, 5.74) is 4.82. The zero-order valence-corrected chi connectivity index (χ0v) is 10.4. The Kier molecular flexibility index (Phi) is 6.25. The molecule has 0 amide bonds. The fraction of sp³-hybridized carbons (Fsp3) is 0.429. The quantitative estimate of drug-likeness (QED) is 0.688. The zero-order chi connectivity index (χ0) is 12.3. The van der Waals surface area contributed by atoms with Gasteiger partial charge in [0.25, 0.3) is 0 Å². The van der Waals surface area contributed by atoms with Crippen molar-refractivity contribution in [3.05, 3.63) is 16.6 Å². The number of alkyl halides is 3. The Balaban J connectivity index is 0.00000256. The van der Waals surface area contributed by atoms with Crippen LogP contribution >= 0.6 is 35.6 Å². The van der Waals surface area contributed by atoms with Crippen LogP contribution in [0.1, 0.15) is 0 Å². The molecule has 0 aliphatic carbocycles. The number of ether oxygens (including phenoxy) is 1. The van der Waals surface area contributed by atoms with Crippen molar-refractivity contribution in [1.82, 2.24) is 9.97 Å². The Morgan fingerprint density at radius 2 is 2.00 bits per heavy atom. The largest absolute Gasteiger partial charge is 0.487 e. The first-order valence-corrected chi connectivity index (χ1v) is 4.69. The molecule has 1 aromatic heterocycles. The zero-order valence-electron chi connectivity index (χ0n) is 8.04. The lowest BCUT2D eigenvalue weighted by molar-refractivity contribution is -0.153. The van der Waals surface area contributed by atoms with Crippen molar-refractivity contribution < 1.29 is 17.9 Å². The summed E-state index contributed by atoms with van der Waals surface area (Å²) in [4.78, 5) is 6.99. The van der Waals surface area contributed by atoms with Crippen LogP contribution in [0.3, 0.4) is 0 Å². The lowest BCUT2D eigenvalue weighted by Crippen LogP contribution is -2.42. The van der Waals surface area contributed by atoms with Gasteiger partial charge in [-0.15, -0.1) is 12.4 Å². The topological polar surface area (TPSA) is 61.0 Å². The predicted molar refractivity (Wildman–Crippen MR) is 58.8 cm³/mol. The Labute approximate surface area is 111 Å². The van der Waals surface area contributed by atoms with Crippen molar-refractivity contribution in [2.45, 2.75) is 12.2 Å². The molecule has 0 aromatic carbocycles. The third-order valence-electron chi connectivity index (χ3n) is 1.52. The van der Waals surface area contributed by atoms with E-state index in [0.717, 1.165) is 6.20 Å². The highest BCUT2D eigenvalue weighted by molar-refractivity contribution is 6.32. The fourth-order valence-electron chi connectivity index (χ4n) is 0.701. The number of nitrogens with zero attached hydrogens (tertiary/aromatic N) is 2. The summed E-state index contributed by atoms with van der Waals surface area (Å²) < 4.78 is 40.8. The van der Waals surface area contributed by atoms with E-state index < -0.39 is 18.8 Å². The maximum Gasteiger partial charge on any atom is 0.406 e. The van der Waals surface area contributed by atoms with Gasteiger partial charge >= 0.3 is 6.18 Å². The summed E-state index contributed by atoms with van der Waals surface area (Å²) in [6.45, 7) is -0.770. The molecule has 98 valence electrons. The third-order valence-corrected chi connectivity index (χ3v) is 1.97. The van der Waals surface area contributed by atoms with E-state index >= 15 is 0 Å². The van der Waals surface area contributed by atoms with Gasteiger partial charge in [0.2, 0.25) is 5.28 Å². The minimum absolute atomic E-state index is 0. The molecule has 0 saturated carbocycles. The van der Waals surface area contributed by atoms with E-state index in [9.17, 15) is 13.2 Å². The van der Waals surface area contributed by atoms with Gasteiger partial charge in [-0.25, -0.2) is 9.97 Å². The van der Waals surface area contributed by atoms with E-state index in [0.29, 0.717) is 0 Å². The normalized spacial score (nSPS) is 12.8. The van der Waals surface area contributed by atoms with E-state index in [1.165, 1.54) is 0 Å². The molecule has 2 N–H and O–H groups in total. The molecule has 1 heterocycles. The lowest BCUT2D eigenvalue weighted by Gasteiger charge is -2.16. The van der Waals surface area contributed by atoms with Gasteiger partial charge in [0.05, 0.1) is 6.20 Å². The molecule has 0 fully saturated rings. The van der Waals surface area contributed by atoms with Crippen LogP contribution in [0.5, 0.6) is 5.75 Å². The van der Waals surface area contributed by atoms with Crippen LogP contribution in [0.2, 0.25) is 10.4 Å². The summed E-state index contributed by atoms with van der Waals surface area (Å²) in [6.07, 6.45) is -3.46. The van der Waals surface area contributed by atoms with Gasteiger partial charge in [0, 0.05) is 0 Å². The molecule has 0 radical (unpaired) electrons. The van der Waals surface area contributed by atoms with E-state index in [1.54, 1.807) is 0 Å². The maximum absolute atomic E-state index is 12.0. The molecular formula is C7H7Cl3F3N3O. The van der Waals surface area contributed by atoms with Crippen molar-refractivity contribution in [2.24, 2.45) is 5.73 Å². The first-order chi connectivity index (χ1) is 7.30. The van der Waals surface area contributed by atoms with Gasteiger partial charge < -0.3 is 10.5 Å². The van der Waals surface area contributed by atoms with Crippen molar-refractivity contribution in [3.8, 4) is 5.75 Å². The molecule has 0 bridgehead atoms. The second kappa shape index (κ2) is 6.44. The Bertz CT molecular complexity index is 377. The lowest BCUT2D eigenvalue weighted by atomic mass is 10.3. The van der Waals surface area contributed by atoms with Gasteiger partial charge in [-0.1, -0.05) is 11.6 Å². The second-order valence-electron chi connectivity index (χ2n) is 2.75. The fourth-order valence-corrected chi connectivity index (χ4v) is 1.06. The molecule has 0 saturated heterocycles. The molecular weight excluding hydrogens is 305 g/mol. The number of hydrogen-bond donors (Lipinski definition) is 1. The average Bonchev–Trinajstić information content (AvgIpc) is 2.14. The van der Waals surface area contributed by atoms with Gasteiger partial charge in [0.15, 0.2) is 10.9 Å². The minimum atomic E-state index is -4.53.